The molecule has 5 heteroatoms. The number of aliphatic hydroxyl groups excluding tert-OH is 1. The predicted molar refractivity (Wildman–Crippen MR) is 81.1 cm³/mol. The molecule has 0 spiro atoms. The molecule has 2 aromatic carbocycles. The minimum absolute atomic E-state index is 0.179. The summed E-state index contributed by atoms with van der Waals surface area (Å²) in [4.78, 5) is 25.7. The van der Waals surface area contributed by atoms with E-state index in [1.165, 1.54) is 4.90 Å². The second-order valence-electron chi connectivity index (χ2n) is 5.13. The number of hydrogen-bond donors (Lipinski definition) is 2. The first kappa shape index (κ1) is 14.3. The zero-order valence-corrected chi connectivity index (χ0v) is 12.1. The Hall–Kier alpha value is -2.66. The zero-order chi connectivity index (χ0) is 15.7. The maximum atomic E-state index is 12.4. The molecule has 112 valence electrons. The van der Waals surface area contributed by atoms with E-state index < -0.39 is 6.23 Å². The number of nitrogens with zero attached hydrogens (tertiary/aromatic N) is 1. The van der Waals surface area contributed by atoms with Gasteiger partial charge in [0, 0.05) is 30.3 Å². The molecule has 0 aliphatic carbocycles. The van der Waals surface area contributed by atoms with Gasteiger partial charge < -0.3 is 15.3 Å². The first-order valence-electron chi connectivity index (χ1n) is 7.01. The summed E-state index contributed by atoms with van der Waals surface area (Å²) in [5.41, 5.74) is 2.31. The van der Waals surface area contributed by atoms with Crippen LogP contribution in [0.2, 0.25) is 0 Å². The average molecular weight is 296 g/mol. The maximum Gasteiger partial charge on any atom is 0.256 e. The smallest absolute Gasteiger partial charge is 0.256 e. The van der Waals surface area contributed by atoms with Crippen LogP contribution in [0.1, 0.15) is 38.1 Å². The third-order valence-electron chi connectivity index (χ3n) is 3.86. The molecule has 2 amide bonds. The van der Waals surface area contributed by atoms with E-state index in [1.54, 1.807) is 49.5 Å². The summed E-state index contributed by atoms with van der Waals surface area (Å²) in [5, 5.41) is 12.9. The Bertz CT molecular complexity index is 742. The summed E-state index contributed by atoms with van der Waals surface area (Å²) in [5.74, 6) is -0.441. The Balaban J connectivity index is 1.93. The van der Waals surface area contributed by atoms with Gasteiger partial charge >= 0.3 is 0 Å². The lowest BCUT2D eigenvalue weighted by Crippen LogP contribution is -2.29. The number of fused-ring (bicyclic) bond motifs is 1. The van der Waals surface area contributed by atoms with Gasteiger partial charge in [0.1, 0.15) is 0 Å². The SMILES string of the molecule is CNC(=O)c1ccccc1CN1C(=O)c2ccccc2C1O. The second-order valence-corrected chi connectivity index (χ2v) is 5.13. The van der Waals surface area contributed by atoms with Gasteiger partial charge in [-0.15, -0.1) is 0 Å². The lowest BCUT2D eigenvalue weighted by atomic mass is 10.1. The van der Waals surface area contributed by atoms with E-state index in [0.717, 1.165) is 0 Å². The highest BCUT2D eigenvalue weighted by atomic mass is 16.3. The van der Waals surface area contributed by atoms with Crippen LogP contribution in [0.3, 0.4) is 0 Å². The fourth-order valence-corrected chi connectivity index (χ4v) is 2.71. The molecule has 0 radical (unpaired) electrons. The summed E-state index contributed by atoms with van der Waals surface area (Å²) < 4.78 is 0. The summed E-state index contributed by atoms with van der Waals surface area (Å²) >= 11 is 0. The van der Waals surface area contributed by atoms with Gasteiger partial charge in [-0.1, -0.05) is 36.4 Å². The Labute approximate surface area is 128 Å². The van der Waals surface area contributed by atoms with Crippen LogP contribution in [0.5, 0.6) is 0 Å². The minimum atomic E-state index is -0.985. The Kier molecular flexibility index (Phi) is 3.65. The van der Waals surface area contributed by atoms with Gasteiger partial charge in [-0.2, -0.15) is 0 Å². The van der Waals surface area contributed by atoms with Crippen molar-refractivity contribution in [2.45, 2.75) is 12.8 Å². The van der Waals surface area contributed by atoms with Crippen molar-refractivity contribution in [1.82, 2.24) is 10.2 Å². The third kappa shape index (κ3) is 2.25. The lowest BCUT2D eigenvalue weighted by Gasteiger charge is -2.22. The van der Waals surface area contributed by atoms with Gasteiger partial charge in [0.15, 0.2) is 6.23 Å². The van der Waals surface area contributed by atoms with E-state index in [9.17, 15) is 14.7 Å². The second kappa shape index (κ2) is 5.61. The summed E-state index contributed by atoms with van der Waals surface area (Å²) in [6, 6.07) is 14.1. The zero-order valence-electron chi connectivity index (χ0n) is 12.1. The topological polar surface area (TPSA) is 69.6 Å². The molecule has 1 aliphatic rings. The number of amides is 2. The van der Waals surface area contributed by atoms with Crippen molar-refractivity contribution in [1.29, 1.82) is 0 Å². The maximum absolute atomic E-state index is 12.4. The largest absolute Gasteiger partial charge is 0.369 e. The van der Waals surface area contributed by atoms with E-state index in [0.29, 0.717) is 22.3 Å². The van der Waals surface area contributed by atoms with Crippen molar-refractivity contribution in [2.75, 3.05) is 7.05 Å². The predicted octanol–water partition coefficient (Wildman–Crippen LogP) is 1.69. The molecule has 0 saturated heterocycles. The van der Waals surface area contributed by atoms with Gasteiger partial charge in [0.05, 0.1) is 0 Å². The fraction of sp³-hybridized carbons (Fsp3) is 0.176. The first-order chi connectivity index (χ1) is 10.6. The van der Waals surface area contributed by atoms with Crippen LogP contribution in [0, 0.1) is 0 Å². The van der Waals surface area contributed by atoms with Crippen LogP contribution < -0.4 is 5.32 Å². The van der Waals surface area contributed by atoms with Gasteiger partial charge in [-0.3, -0.25) is 9.59 Å². The van der Waals surface area contributed by atoms with E-state index in [4.69, 9.17) is 0 Å². The van der Waals surface area contributed by atoms with E-state index >= 15 is 0 Å². The molecule has 22 heavy (non-hydrogen) atoms. The number of nitrogens with one attached hydrogen (secondary N) is 1. The van der Waals surface area contributed by atoms with Crippen LogP contribution in [0.15, 0.2) is 48.5 Å². The van der Waals surface area contributed by atoms with Crippen molar-refractivity contribution in [3.05, 3.63) is 70.8 Å². The van der Waals surface area contributed by atoms with E-state index in [1.807, 2.05) is 6.07 Å². The number of benzene rings is 2. The summed E-state index contributed by atoms with van der Waals surface area (Å²) in [7, 11) is 1.56. The van der Waals surface area contributed by atoms with Gasteiger partial charge in [-0.05, 0) is 17.7 Å². The van der Waals surface area contributed by atoms with Gasteiger partial charge in [0.25, 0.3) is 11.8 Å². The molecule has 2 N–H and O–H groups in total. The molecule has 0 bridgehead atoms. The molecule has 1 unspecified atom stereocenters. The Morgan fingerprint density at radius 2 is 1.86 bits per heavy atom. The highest BCUT2D eigenvalue weighted by Gasteiger charge is 2.35. The quantitative estimate of drug-likeness (QED) is 0.905. The van der Waals surface area contributed by atoms with Crippen LogP contribution in [-0.2, 0) is 6.54 Å². The highest BCUT2D eigenvalue weighted by molar-refractivity contribution is 5.99. The lowest BCUT2D eigenvalue weighted by molar-refractivity contribution is 0.0136. The number of aliphatic hydroxyl groups is 1. The van der Waals surface area contributed by atoms with Crippen molar-refractivity contribution in [3.8, 4) is 0 Å². The minimum Gasteiger partial charge on any atom is -0.369 e. The van der Waals surface area contributed by atoms with Crippen molar-refractivity contribution in [2.24, 2.45) is 0 Å². The third-order valence-corrected chi connectivity index (χ3v) is 3.86. The number of carbonyl (C=O) groups is 2. The van der Waals surface area contributed by atoms with Crippen LogP contribution >= 0.6 is 0 Å². The molecule has 0 saturated carbocycles. The van der Waals surface area contributed by atoms with Crippen molar-refractivity contribution >= 4 is 11.8 Å². The van der Waals surface area contributed by atoms with Crippen molar-refractivity contribution < 1.29 is 14.7 Å². The molecule has 2 aromatic rings. The monoisotopic (exact) mass is 296 g/mol. The number of rotatable bonds is 3. The molecule has 3 rings (SSSR count). The summed E-state index contributed by atoms with van der Waals surface area (Å²) in [6.07, 6.45) is -0.985. The molecular formula is C17H16N2O3. The first-order valence-corrected chi connectivity index (χ1v) is 7.01. The van der Waals surface area contributed by atoms with E-state index in [-0.39, 0.29) is 18.4 Å². The fourth-order valence-electron chi connectivity index (χ4n) is 2.71. The molecule has 5 nitrogen and oxygen atoms in total. The standard InChI is InChI=1S/C17H16N2O3/c1-18-15(20)12-7-3-2-6-11(12)10-19-16(21)13-8-4-5-9-14(13)17(19)22/h2-9,16,21H,10H2,1H3,(H,18,20). The average Bonchev–Trinajstić information content (AvgIpc) is 2.80. The molecular weight excluding hydrogens is 280 g/mol. The Morgan fingerprint density at radius 3 is 2.59 bits per heavy atom. The summed E-state index contributed by atoms with van der Waals surface area (Å²) in [6.45, 7) is 0.179. The van der Waals surface area contributed by atoms with Gasteiger partial charge in [0.2, 0.25) is 0 Å². The Morgan fingerprint density at radius 1 is 1.18 bits per heavy atom. The highest BCUT2D eigenvalue weighted by Crippen LogP contribution is 2.32. The van der Waals surface area contributed by atoms with Crippen molar-refractivity contribution in [3.63, 3.8) is 0 Å². The molecule has 1 heterocycles. The number of carbonyl (C=O) groups excluding carboxylic acids is 2. The molecule has 0 fully saturated rings. The van der Waals surface area contributed by atoms with Crippen LogP contribution in [-0.4, -0.2) is 28.9 Å². The van der Waals surface area contributed by atoms with Crippen LogP contribution in [0.4, 0.5) is 0 Å². The van der Waals surface area contributed by atoms with E-state index in [2.05, 4.69) is 5.32 Å². The normalized spacial score (nSPS) is 16.5. The number of hydrogen-bond acceptors (Lipinski definition) is 3. The van der Waals surface area contributed by atoms with Crippen LogP contribution in [0.25, 0.3) is 0 Å². The van der Waals surface area contributed by atoms with Gasteiger partial charge in [-0.25, -0.2) is 0 Å². The molecule has 1 aliphatic heterocycles. The molecule has 1 atom stereocenters. The molecule has 0 aromatic heterocycles.